The zero-order chi connectivity index (χ0) is 13.0. The van der Waals surface area contributed by atoms with Crippen LogP contribution in [0.5, 0.6) is 0 Å². The standard InChI is InChI=1S/C13H23N5/c1-4-11-12(5-2)16-17-13(15-11)18-8-6-7-10(18)9-14-3/h10,14H,4-9H2,1-3H3. The summed E-state index contributed by atoms with van der Waals surface area (Å²) >= 11 is 0. The molecule has 1 N–H and O–H groups in total. The minimum atomic E-state index is 0.508. The SMILES string of the molecule is CCc1nnc(N2CCCC2CNC)nc1CC. The molecule has 1 aromatic heterocycles. The molecule has 1 aliphatic rings. The molecule has 18 heavy (non-hydrogen) atoms. The van der Waals surface area contributed by atoms with Gasteiger partial charge in [0, 0.05) is 19.1 Å². The van der Waals surface area contributed by atoms with Crippen LogP contribution in [0.2, 0.25) is 0 Å². The van der Waals surface area contributed by atoms with E-state index < -0.39 is 0 Å². The summed E-state index contributed by atoms with van der Waals surface area (Å²) in [4.78, 5) is 6.99. The molecule has 1 unspecified atom stereocenters. The van der Waals surface area contributed by atoms with Gasteiger partial charge in [0.15, 0.2) is 0 Å². The molecule has 0 saturated carbocycles. The molecule has 5 nitrogen and oxygen atoms in total. The second kappa shape index (κ2) is 6.09. The Bertz CT molecular complexity index is 393. The van der Waals surface area contributed by atoms with Crippen molar-refractivity contribution in [2.45, 2.75) is 45.6 Å². The van der Waals surface area contributed by atoms with Gasteiger partial charge in [0.05, 0.1) is 11.4 Å². The Morgan fingerprint density at radius 1 is 1.22 bits per heavy atom. The molecule has 1 fully saturated rings. The Kier molecular flexibility index (Phi) is 4.47. The van der Waals surface area contributed by atoms with Crippen LogP contribution in [0.1, 0.15) is 38.1 Å². The first-order valence-corrected chi connectivity index (χ1v) is 6.93. The molecular formula is C13H23N5. The zero-order valence-corrected chi connectivity index (χ0v) is 11.6. The Morgan fingerprint density at radius 2 is 2.00 bits per heavy atom. The first-order chi connectivity index (χ1) is 8.80. The van der Waals surface area contributed by atoms with Crippen molar-refractivity contribution in [1.29, 1.82) is 0 Å². The Labute approximate surface area is 109 Å². The lowest BCUT2D eigenvalue weighted by molar-refractivity contribution is 0.601. The van der Waals surface area contributed by atoms with Gasteiger partial charge >= 0.3 is 0 Å². The molecule has 2 heterocycles. The van der Waals surface area contributed by atoms with E-state index in [2.05, 4.69) is 34.3 Å². The summed E-state index contributed by atoms with van der Waals surface area (Å²) in [7, 11) is 1.99. The summed E-state index contributed by atoms with van der Waals surface area (Å²) < 4.78 is 0. The molecule has 0 spiro atoms. The molecule has 1 saturated heterocycles. The number of rotatable bonds is 5. The molecule has 0 aliphatic carbocycles. The quantitative estimate of drug-likeness (QED) is 0.849. The molecule has 1 aromatic rings. The molecule has 100 valence electrons. The van der Waals surface area contributed by atoms with E-state index in [-0.39, 0.29) is 0 Å². The Morgan fingerprint density at radius 3 is 2.67 bits per heavy atom. The highest BCUT2D eigenvalue weighted by Gasteiger charge is 2.26. The van der Waals surface area contributed by atoms with Gasteiger partial charge in [-0.1, -0.05) is 13.8 Å². The summed E-state index contributed by atoms with van der Waals surface area (Å²) in [5.74, 6) is 0.807. The van der Waals surface area contributed by atoms with Crippen molar-refractivity contribution in [2.75, 3.05) is 25.0 Å². The highest BCUT2D eigenvalue weighted by molar-refractivity contribution is 5.34. The van der Waals surface area contributed by atoms with Crippen LogP contribution in [0, 0.1) is 0 Å². The lowest BCUT2D eigenvalue weighted by Gasteiger charge is -2.24. The third-order valence-corrected chi connectivity index (χ3v) is 3.57. The van der Waals surface area contributed by atoms with Gasteiger partial charge in [-0.15, -0.1) is 5.10 Å². The average molecular weight is 249 g/mol. The van der Waals surface area contributed by atoms with Crippen LogP contribution in [0.3, 0.4) is 0 Å². The van der Waals surface area contributed by atoms with E-state index in [0.717, 1.165) is 43.3 Å². The molecule has 0 amide bonds. The van der Waals surface area contributed by atoms with Crippen LogP contribution < -0.4 is 10.2 Å². The first-order valence-electron chi connectivity index (χ1n) is 6.93. The van der Waals surface area contributed by atoms with Gasteiger partial charge in [-0.2, -0.15) is 5.10 Å². The summed E-state index contributed by atoms with van der Waals surface area (Å²) in [5.41, 5.74) is 2.13. The topological polar surface area (TPSA) is 53.9 Å². The predicted octanol–water partition coefficient (Wildman–Crippen LogP) is 1.18. The summed E-state index contributed by atoms with van der Waals surface area (Å²) in [6, 6.07) is 0.508. The van der Waals surface area contributed by atoms with E-state index in [1.165, 1.54) is 12.8 Å². The number of aryl methyl sites for hydroxylation is 2. The fourth-order valence-electron chi connectivity index (χ4n) is 2.60. The first kappa shape index (κ1) is 13.2. The van der Waals surface area contributed by atoms with E-state index >= 15 is 0 Å². The second-order valence-corrected chi connectivity index (χ2v) is 4.76. The van der Waals surface area contributed by atoms with Crippen LogP contribution in [-0.2, 0) is 12.8 Å². The van der Waals surface area contributed by atoms with E-state index in [1.807, 2.05) is 7.05 Å². The maximum Gasteiger partial charge on any atom is 0.245 e. The van der Waals surface area contributed by atoms with Gasteiger partial charge < -0.3 is 10.2 Å². The normalized spacial score (nSPS) is 19.5. The van der Waals surface area contributed by atoms with E-state index in [9.17, 15) is 0 Å². The highest BCUT2D eigenvalue weighted by atomic mass is 15.3. The summed E-state index contributed by atoms with van der Waals surface area (Å²) in [6.07, 6.45) is 4.26. The van der Waals surface area contributed by atoms with Crippen molar-refractivity contribution in [2.24, 2.45) is 0 Å². The van der Waals surface area contributed by atoms with Gasteiger partial charge in [0.2, 0.25) is 5.95 Å². The van der Waals surface area contributed by atoms with Crippen LogP contribution >= 0.6 is 0 Å². The van der Waals surface area contributed by atoms with Crippen LogP contribution in [-0.4, -0.2) is 41.4 Å². The Hall–Kier alpha value is -1.23. The third-order valence-electron chi connectivity index (χ3n) is 3.57. The van der Waals surface area contributed by atoms with Gasteiger partial charge in [0.1, 0.15) is 0 Å². The predicted molar refractivity (Wildman–Crippen MR) is 72.9 cm³/mol. The molecule has 5 heteroatoms. The Balaban J connectivity index is 2.22. The highest BCUT2D eigenvalue weighted by Crippen LogP contribution is 2.22. The molecule has 0 radical (unpaired) electrons. The maximum atomic E-state index is 4.70. The molecule has 0 bridgehead atoms. The smallest absolute Gasteiger partial charge is 0.245 e. The number of anilines is 1. The molecular weight excluding hydrogens is 226 g/mol. The minimum absolute atomic E-state index is 0.508. The maximum absolute atomic E-state index is 4.70. The minimum Gasteiger partial charge on any atom is -0.335 e. The largest absolute Gasteiger partial charge is 0.335 e. The zero-order valence-electron chi connectivity index (χ0n) is 11.6. The van der Waals surface area contributed by atoms with Crippen molar-refractivity contribution in [1.82, 2.24) is 20.5 Å². The number of hydrogen-bond donors (Lipinski definition) is 1. The number of aromatic nitrogens is 3. The van der Waals surface area contributed by atoms with Crippen molar-refractivity contribution >= 4 is 5.95 Å². The number of nitrogens with one attached hydrogen (secondary N) is 1. The van der Waals surface area contributed by atoms with Crippen molar-refractivity contribution in [3.05, 3.63) is 11.4 Å². The number of hydrogen-bond acceptors (Lipinski definition) is 5. The summed E-state index contributed by atoms with van der Waals surface area (Å²) in [5, 5.41) is 11.9. The van der Waals surface area contributed by atoms with Gasteiger partial charge in [0.25, 0.3) is 0 Å². The van der Waals surface area contributed by atoms with Gasteiger partial charge in [-0.05, 0) is 32.7 Å². The molecule has 2 rings (SSSR count). The molecule has 1 aliphatic heterocycles. The molecule has 0 aromatic carbocycles. The van der Waals surface area contributed by atoms with E-state index in [1.54, 1.807) is 0 Å². The van der Waals surface area contributed by atoms with Crippen LogP contribution in [0.15, 0.2) is 0 Å². The summed E-state index contributed by atoms with van der Waals surface area (Å²) in [6.45, 7) is 6.26. The monoisotopic (exact) mass is 249 g/mol. The van der Waals surface area contributed by atoms with E-state index in [4.69, 9.17) is 4.98 Å². The number of likely N-dealkylation sites (N-methyl/N-ethyl adjacent to an activating group) is 1. The van der Waals surface area contributed by atoms with Crippen molar-refractivity contribution in [3.63, 3.8) is 0 Å². The van der Waals surface area contributed by atoms with E-state index in [0.29, 0.717) is 6.04 Å². The average Bonchev–Trinajstić information content (AvgIpc) is 2.86. The van der Waals surface area contributed by atoms with Crippen LogP contribution in [0.25, 0.3) is 0 Å². The van der Waals surface area contributed by atoms with Crippen molar-refractivity contribution in [3.8, 4) is 0 Å². The van der Waals surface area contributed by atoms with Crippen LogP contribution in [0.4, 0.5) is 5.95 Å². The van der Waals surface area contributed by atoms with Gasteiger partial charge in [-0.25, -0.2) is 4.98 Å². The second-order valence-electron chi connectivity index (χ2n) is 4.76. The fraction of sp³-hybridized carbons (Fsp3) is 0.769. The lowest BCUT2D eigenvalue weighted by Crippen LogP contribution is -2.38. The van der Waals surface area contributed by atoms with Gasteiger partial charge in [-0.3, -0.25) is 0 Å². The number of nitrogens with zero attached hydrogens (tertiary/aromatic N) is 4. The lowest BCUT2D eigenvalue weighted by atomic mass is 10.2. The fourth-order valence-corrected chi connectivity index (χ4v) is 2.60. The third kappa shape index (κ3) is 2.61. The van der Waals surface area contributed by atoms with Crippen molar-refractivity contribution < 1.29 is 0 Å². The molecule has 1 atom stereocenters.